The molecule has 408 valence electrons. The van der Waals surface area contributed by atoms with Crippen molar-refractivity contribution in [2.75, 3.05) is 26.4 Å². The van der Waals surface area contributed by atoms with E-state index < -0.39 is 0 Å². The van der Waals surface area contributed by atoms with E-state index in [0.29, 0.717) is 86.5 Å². The molecule has 8 nitrogen and oxygen atoms in total. The molecule has 0 spiro atoms. The first-order valence-corrected chi connectivity index (χ1v) is 28.2. The molecule has 1 aliphatic carbocycles. The van der Waals surface area contributed by atoms with Crippen LogP contribution in [-0.2, 0) is 47.3 Å². The Morgan fingerprint density at radius 1 is 0.397 bits per heavy atom. The van der Waals surface area contributed by atoms with Crippen molar-refractivity contribution in [1.29, 1.82) is 0 Å². The maximum absolute atomic E-state index is 12.8. The van der Waals surface area contributed by atoms with Crippen molar-refractivity contribution in [2.45, 2.75) is 143 Å². The normalized spacial score (nSPS) is 13.2. The van der Waals surface area contributed by atoms with Crippen LogP contribution in [0.3, 0.4) is 0 Å². The van der Waals surface area contributed by atoms with E-state index >= 15 is 0 Å². The Balaban J connectivity index is 1.16. The lowest BCUT2D eigenvalue weighted by Crippen LogP contribution is -2.17. The third-order valence-electron chi connectivity index (χ3n) is 15.0. The summed E-state index contributed by atoms with van der Waals surface area (Å²) in [6.07, 6.45) is 6.29. The Morgan fingerprint density at radius 3 is 0.974 bits per heavy atom. The molecule has 0 radical (unpaired) electrons. The topological polar surface area (TPSA) is 103 Å². The summed E-state index contributed by atoms with van der Waals surface area (Å²) in [5.74, 6) is 3.34. The zero-order valence-electron chi connectivity index (χ0n) is 47.6. The molecule has 0 saturated heterocycles. The highest BCUT2D eigenvalue weighted by Gasteiger charge is 2.29. The van der Waals surface area contributed by atoms with Crippen molar-refractivity contribution in [3.8, 4) is 34.5 Å². The standard InChI is InChI=1S/C68H76Cl2N2O6/c1-65(2,3)49-33-41-29-45-37-51(67(7,8)9)39-47(63(45)77-27-15-25-75-57-21-19-55(69)53-17-13-23-71-59(53)57)31-43-35-50(66(4,5)6)36-44(62(43)74)32-48-40-52(68(10,11)12)38-46(30-42(34-49)61(41)73)64(48)78-28-16-26-76-58-22-20-56(70)54-18-14-24-72-60(54)58/h13-14,17-24,33-40,73-74H,15-16,25-32H2,1-12H3. The van der Waals surface area contributed by atoms with Gasteiger partial charge in [-0.1, -0.05) is 155 Å². The highest BCUT2D eigenvalue weighted by atomic mass is 35.5. The first kappa shape index (κ1) is 56.2. The minimum Gasteiger partial charge on any atom is -0.507 e. The summed E-state index contributed by atoms with van der Waals surface area (Å²) in [5, 5.41) is 28.6. The number of rotatable bonds is 12. The Kier molecular flexibility index (Phi) is 16.1. The average molecular weight is 1090 g/mol. The molecule has 0 aliphatic heterocycles. The van der Waals surface area contributed by atoms with Gasteiger partial charge in [0.2, 0.25) is 0 Å². The van der Waals surface area contributed by atoms with Gasteiger partial charge in [0.15, 0.2) is 0 Å². The summed E-state index contributed by atoms with van der Waals surface area (Å²) in [5.41, 5.74) is 12.1. The summed E-state index contributed by atoms with van der Waals surface area (Å²) in [6.45, 7) is 28.2. The second-order valence-corrected chi connectivity index (χ2v) is 26.0. The van der Waals surface area contributed by atoms with Gasteiger partial charge >= 0.3 is 0 Å². The van der Waals surface area contributed by atoms with Crippen molar-refractivity contribution in [3.63, 3.8) is 0 Å². The number of pyridine rings is 2. The van der Waals surface area contributed by atoms with Crippen LogP contribution in [0.25, 0.3) is 21.8 Å². The molecule has 0 unspecified atom stereocenters. The van der Waals surface area contributed by atoms with Gasteiger partial charge in [0, 0.05) is 61.7 Å². The van der Waals surface area contributed by atoms with Gasteiger partial charge in [-0.2, -0.15) is 0 Å². The number of hydrogen-bond donors (Lipinski definition) is 2. The van der Waals surface area contributed by atoms with Gasteiger partial charge in [0.25, 0.3) is 0 Å². The van der Waals surface area contributed by atoms with Gasteiger partial charge < -0.3 is 29.2 Å². The molecule has 0 fully saturated rings. The fraction of sp³-hybridized carbons (Fsp3) is 0.382. The Labute approximate surface area is 472 Å². The number of hydrogen-bond acceptors (Lipinski definition) is 8. The van der Waals surface area contributed by atoms with Crippen molar-refractivity contribution in [2.24, 2.45) is 0 Å². The van der Waals surface area contributed by atoms with Gasteiger partial charge in [0.1, 0.15) is 45.5 Å². The number of fused-ring (bicyclic) bond motifs is 10. The molecule has 78 heavy (non-hydrogen) atoms. The van der Waals surface area contributed by atoms with E-state index in [9.17, 15) is 10.2 Å². The maximum Gasteiger partial charge on any atom is 0.145 e. The van der Waals surface area contributed by atoms with E-state index in [-0.39, 0.29) is 33.2 Å². The molecular formula is C68H76Cl2N2O6. The Morgan fingerprint density at radius 2 is 0.679 bits per heavy atom. The van der Waals surface area contributed by atoms with Crippen molar-refractivity contribution < 1.29 is 29.2 Å². The highest BCUT2D eigenvalue weighted by molar-refractivity contribution is 6.36. The molecule has 2 aromatic heterocycles. The SMILES string of the molecule is CC(C)(C)c1cc2c(O)c(c1)Cc1cc(C(C)(C)C)cc(c1OCCCOc1ccc(Cl)c3cccnc13)Cc1cc(C(C)(C)C)cc(c1O)Cc1cc(C(C)(C)C)cc(c1OCCCOc1ccc(Cl)c3cccnc13)C2. The zero-order valence-corrected chi connectivity index (χ0v) is 49.2. The maximum atomic E-state index is 12.8. The molecule has 8 bridgehead atoms. The van der Waals surface area contributed by atoms with Gasteiger partial charge in [-0.25, -0.2) is 0 Å². The van der Waals surface area contributed by atoms with Gasteiger partial charge in [-0.3, -0.25) is 9.97 Å². The monoisotopic (exact) mass is 1090 g/mol. The van der Waals surface area contributed by atoms with Crippen molar-refractivity contribution in [3.05, 3.63) is 186 Å². The van der Waals surface area contributed by atoms with Crippen LogP contribution in [-0.4, -0.2) is 46.6 Å². The van der Waals surface area contributed by atoms with Crippen molar-refractivity contribution in [1.82, 2.24) is 9.97 Å². The zero-order chi connectivity index (χ0) is 55.9. The molecule has 10 heteroatoms. The fourth-order valence-electron chi connectivity index (χ4n) is 10.3. The number of phenols is 2. The van der Waals surface area contributed by atoms with E-state index in [0.717, 1.165) is 100 Å². The number of halogens is 2. The summed E-state index contributed by atoms with van der Waals surface area (Å²) < 4.78 is 26.7. The first-order valence-electron chi connectivity index (χ1n) is 27.4. The van der Waals surface area contributed by atoms with E-state index in [4.69, 9.17) is 42.1 Å². The number of benzene rings is 6. The average Bonchev–Trinajstić information content (AvgIpc) is 3.41. The van der Waals surface area contributed by atoms with Crippen LogP contribution in [0.4, 0.5) is 0 Å². The molecule has 0 amide bonds. The lowest BCUT2D eigenvalue weighted by molar-refractivity contribution is 0.246. The van der Waals surface area contributed by atoms with Crippen LogP contribution in [0.1, 0.15) is 163 Å². The molecule has 8 aromatic rings. The molecular weight excluding hydrogens is 1010 g/mol. The van der Waals surface area contributed by atoms with E-state index in [1.807, 2.05) is 48.5 Å². The quantitative estimate of drug-likeness (QED) is 0.117. The number of aromatic nitrogens is 2. The number of phenolic OH excluding ortho intramolecular Hbond substituents is 2. The Hall–Kier alpha value is -6.48. The third-order valence-corrected chi connectivity index (χ3v) is 15.6. The van der Waals surface area contributed by atoms with E-state index in [1.54, 1.807) is 12.4 Å². The van der Waals surface area contributed by atoms with Crippen LogP contribution in [0.5, 0.6) is 34.5 Å². The van der Waals surface area contributed by atoms with Crippen LogP contribution in [0, 0.1) is 0 Å². The largest absolute Gasteiger partial charge is 0.507 e. The van der Waals surface area contributed by atoms with Crippen LogP contribution >= 0.6 is 23.2 Å². The third kappa shape index (κ3) is 12.5. The summed E-state index contributed by atoms with van der Waals surface area (Å²) in [4.78, 5) is 9.15. The van der Waals surface area contributed by atoms with E-state index in [1.165, 1.54) is 0 Å². The highest BCUT2D eigenvalue weighted by Crippen LogP contribution is 2.44. The van der Waals surface area contributed by atoms with E-state index in [2.05, 4.69) is 142 Å². The van der Waals surface area contributed by atoms with Gasteiger partial charge in [-0.15, -0.1) is 0 Å². The second kappa shape index (κ2) is 22.3. The molecule has 0 atom stereocenters. The minimum atomic E-state index is -0.242. The second-order valence-electron chi connectivity index (χ2n) is 25.2. The number of nitrogens with zero attached hydrogens (tertiary/aromatic N) is 2. The lowest BCUT2D eigenvalue weighted by atomic mass is 9.79. The molecule has 0 saturated carbocycles. The van der Waals surface area contributed by atoms with Gasteiger partial charge in [0.05, 0.1) is 36.5 Å². The minimum absolute atomic E-state index is 0.232. The molecule has 9 rings (SSSR count). The molecule has 1 aliphatic rings. The number of aromatic hydroxyl groups is 2. The Bertz CT molecular complexity index is 3190. The summed E-state index contributed by atoms with van der Waals surface area (Å²) in [6, 6.07) is 32.8. The number of ether oxygens (including phenoxy) is 4. The van der Waals surface area contributed by atoms with Crippen LogP contribution in [0.15, 0.2) is 109 Å². The predicted molar refractivity (Wildman–Crippen MR) is 320 cm³/mol. The first-order chi connectivity index (χ1) is 36.8. The summed E-state index contributed by atoms with van der Waals surface area (Å²) >= 11 is 13.1. The van der Waals surface area contributed by atoms with Crippen molar-refractivity contribution >= 4 is 45.0 Å². The smallest absolute Gasteiger partial charge is 0.145 e. The molecule has 6 aromatic carbocycles. The fourth-order valence-corrected chi connectivity index (χ4v) is 10.7. The predicted octanol–water partition coefficient (Wildman–Crippen LogP) is 17.1. The van der Waals surface area contributed by atoms with Gasteiger partial charge in [-0.05, 0) is 137 Å². The lowest BCUT2D eigenvalue weighted by Gasteiger charge is -2.28. The van der Waals surface area contributed by atoms with Crippen LogP contribution in [0.2, 0.25) is 10.0 Å². The molecule has 2 N–H and O–H groups in total. The molecule has 2 heterocycles. The summed E-state index contributed by atoms with van der Waals surface area (Å²) in [7, 11) is 0. The van der Waals surface area contributed by atoms with Crippen LogP contribution < -0.4 is 18.9 Å².